The molecule has 0 radical (unpaired) electrons. The highest BCUT2D eigenvalue weighted by Gasteiger charge is 2.27. The van der Waals surface area contributed by atoms with Crippen LogP contribution in [0.4, 0.5) is 5.69 Å². The summed E-state index contributed by atoms with van der Waals surface area (Å²) in [7, 11) is -3.97. The van der Waals surface area contributed by atoms with E-state index in [0.717, 1.165) is 16.7 Å². The predicted octanol–water partition coefficient (Wildman–Crippen LogP) is 4.28. The van der Waals surface area contributed by atoms with Crippen LogP contribution >= 0.6 is 0 Å². The van der Waals surface area contributed by atoms with Crippen molar-refractivity contribution < 1.29 is 27.9 Å². The normalized spacial score (nSPS) is 12.2. The summed E-state index contributed by atoms with van der Waals surface area (Å²) >= 11 is 0. The standard InChI is InChI=1S/C26H28N2O6S/c1-17(2)25(26(30)31)28-35(32,33)24-13-11-21(12-14-24)20-9-7-19(8-10-20)16-34-23-6-4-5-22(15-23)27-18(3)29/h4-15,17,25,28H,16H2,1-3H3,(H,27,29)(H,30,31)/t25-/m1/s1. The number of hydrogen-bond donors (Lipinski definition) is 3. The maximum absolute atomic E-state index is 12.6. The summed E-state index contributed by atoms with van der Waals surface area (Å²) in [6.45, 7) is 5.07. The summed E-state index contributed by atoms with van der Waals surface area (Å²) in [6, 6.07) is 19.9. The minimum Gasteiger partial charge on any atom is -0.489 e. The average molecular weight is 497 g/mol. The third-order valence-electron chi connectivity index (χ3n) is 5.23. The topological polar surface area (TPSA) is 122 Å². The molecule has 0 fully saturated rings. The van der Waals surface area contributed by atoms with Crippen molar-refractivity contribution in [1.29, 1.82) is 0 Å². The molecule has 184 valence electrons. The van der Waals surface area contributed by atoms with Crippen LogP contribution in [0.1, 0.15) is 26.3 Å². The van der Waals surface area contributed by atoms with Gasteiger partial charge in [0.15, 0.2) is 0 Å². The first-order valence-corrected chi connectivity index (χ1v) is 12.5. The van der Waals surface area contributed by atoms with Crippen LogP contribution in [0.5, 0.6) is 5.75 Å². The Morgan fingerprint density at radius 2 is 1.54 bits per heavy atom. The Morgan fingerprint density at radius 1 is 0.943 bits per heavy atom. The van der Waals surface area contributed by atoms with Crippen molar-refractivity contribution >= 4 is 27.6 Å². The molecule has 0 saturated carbocycles. The summed E-state index contributed by atoms with van der Waals surface area (Å²) in [5.41, 5.74) is 3.31. The number of carbonyl (C=O) groups is 2. The lowest BCUT2D eigenvalue weighted by Crippen LogP contribution is -2.44. The van der Waals surface area contributed by atoms with Crippen LogP contribution in [0.2, 0.25) is 0 Å². The molecule has 0 bridgehead atoms. The Hall–Kier alpha value is -3.69. The molecule has 0 saturated heterocycles. The van der Waals surface area contributed by atoms with E-state index >= 15 is 0 Å². The van der Waals surface area contributed by atoms with Gasteiger partial charge < -0.3 is 15.2 Å². The number of carboxylic acid groups (broad SMARTS) is 1. The second kappa shape index (κ2) is 11.2. The van der Waals surface area contributed by atoms with Crippen molar-refractivity contribution in [3.63, 3.8) is 0 Å². The molecular formula is C26H28N2O6S. The van der Waals surface area contributed by atoms with Gasteiger partial charge in [-0.1, -0.05) is 56.3 Å². The monoisotopic (exact) mass is 496 g/mol. The van der Waals surface area contributed by atoms with Crippen molar-refractivity contribution in [1.82, 2.24) is 4.72 Å². The van der Waals surface area contributed by atoms with E-state index in [1.54, 1.807) is 44.2 Å². The van der Waals surface area contributed by atoms with Crippen LogP contribution in [0.15, 0.2) is 77.7 Å². The van der Waals surface area contributed by atoms with Crippen LogP contribution in [-0.4, -0.2) is 31.4 Å². The Bertz CT molecular complexity index is 1290. The number of aliphatic carboxylic acids is 1. The highest BCUT2D eigenvalue weighted by atomic mass is 32.2. The third kappa shape index (κ3) is 7.14. The maximum Gasteiger partial charge on any atom is 0.322 e. The number of sulfonamides is 1. The molecule has 0 aliphatic carbocycles. The molecule has 0 spiro atoms. The van der Waals surface area contributed by atoms with Crippen molar-refractivity contribution in [2.45, 2.75) is 38.3 Å². The molecule has 3 aromatic carbocycles. The molecule has 3 N–H and O–H groups in total. The summed E-state index contributed by atoms with van der Waals surface area (Å²) in [5.74, 6) is -1.14. The molecule has 0 unspecified atom stereocenters. The van der Waals surface area contributed by atoms with Crippen LogP contribution in [-0.2, 0) is 26.2 Å². The van der Waals surface area contributed by atoms with Gasteiger partial charge in [0.05, 0.1) is 4.90 Å². The van der Waals surface area contributed by atoms with Crippen molar-refractivity contribution in [2.75, 3.05) is 5.32 Å². The lowest BCUT2D eigenvalue weighted by Gasteiger charge is -2.18. The van der Waals surface area contributed by atoms with E-state index in [-0.39, 0.29) is 10.8 Å². The minimum atomic E-state index is -3.97. The van der Waals surface area contributed by atoms with Gasteiger partial charge in [-0.05, 0) is 46.9 Å². The zero-order valence-electron chi connectivity index (χ0n) is 19.7. The first kappa shape index (κ1) is 25.9. The number of nitrogens with one attached hydrogen (secondary N) is 2. The van der Waals surface area contributed by atoms with Gasteiger partial charge >= 0.3 is 5.97 Å². The van der Waals surface area contributed by atoms with Gasteiger partial charge in [-0.15, -0.1) is 0 Å². The smallest absolute Gasteiger partial charge is 0.322 e. The molecule has 1 amide bonds. The van der Waals surface area contributed by atoms with E-state index in [2.05, 4.69) is 10.0 Å². The van der Waals surface area contributed by atoms with Gasteiger partial charge in [0, 0.05) is 18.7 Å². The number of rotatable bonds is 10. The molecule has 3 aromatic rings. The minimum absolute atomic E-state index is 0.000312. The zero-order chi connectivity index (χ0) is 25.6. The fraction of sp³-hybridized carbons (Fsp3) is 0.231. The largest absolute Gasteiger partial charge is 0.489 e. The van der Waals surface area contributed by atoms with Gasteiger partial charge in [0.2, 0.25) is 15.9 Å². The number of hydrogen-bond acceptors (Lipinski definition) is 5. The van der Waals surface area contributed by atoms with Gasteiger partial charge in [-0.25, -0.2) is 8.42 Å². The van der Waals surface area contributed by atoms with Crippen molar-refractivity contribution in [2.24, 2.45) is 5.92 Å². The number of benzene rings is 3. The predicted molar refractivity (Wildman–Crippen MR) is 134 cm³/mol. The van der Waals surface area contributed by atoms with E-state index in [9.17, 15) is 23.1 Å². The lowest BCUT2D eigenvalue weighted by atomic mass is 10.0. The molecule has 0 heterocycles. The Morgan fingerprint density at radius 3 is 2.09 bits per heavy atom. The number of ether oxygens (including phenoxy) is 1. The summed E-state index contributed by atoms with van der Waals surface area (Å²) in [6.07, 6.45) is 0. The lowest BCUT2D eigenvalue weighted by molar-refractivity contribution is -0.140. The number of anilines is 1. The average Bonchev–Trinajstić information content (AvgIpc) is 2.81. The summed E-state index contributed by atoms with van der Waals surface area (Å²) in [4.78, 5) is 22.6. The molecule has 0 aliphatic heterocycles. The van der Waals surface area contributed by atoms with E-state index < -0.39 is 28.0 Å². The number of carbonyl (C=O) groups excluding carboxylic acids is 1. The first-order chi connectivity index (χ1) is 16.5. The van der Waals surface area contributed by atoms with Gasteiger partial charge in [0.1, 0.15) is 18.4 Å². The number of amides is 1. The molecule has 35 heavy (non-hydrogen) atoms. The highest BCUT2D eigenvalue weighted by Crippen LogP contribution is 2.23. The fourth-order valence-electron chi connectivity index (χ4n) is 3.36. The van der Waals surface area contributed by atoms with E-state index in [0.29, 0.717) is 18.0 Å². The van der Waals surface area contributed by atoms with Crippen LogP contribution in [0, 0.1) is 5.92 Å². The van der Waals surface area contributed by atoms with E-state index in [1.807, 2.05) is 30.3 Å². The van der Waals surface area contributed by atoms with Crippen molar-refractivity contribution in [3.05, 3.63) is 78.4 Å². The second-order valence-electron chi connectivity index (χ2n) is 8.40. The molecule has 8 nitrogen and oxygen atoms in total. The molecule has 0 aliphatic rings. The summed E-state index contributed by atoms with van der Waals surface area (Å²) in [5, 5.41) is 12.0. The molecule has 3 rings (SSSR count). The van der Waals surface area contributed by atoms with Crippen molar-refractivity contribution in [3.8, 4) is 16.9 Å². The molecule has 1 atom stereocenters. The van der Waals surface area contributed by atoms with Gasteiger partial charge in [0.25, 0.3) is 0 Å². The number of carboxylic acids is 1. The van der Waals surface area contributed by atoms with E-state index in [4.69, 9.17) is 4.74 Å². The Balaban J connectivity index is 1.65. The van der Waals surface area contributed by atoms with Gasteiger partial charge in [-0.2, -0.15) is 4.72 Å². The highest BCUT2D eigenvalue weighted by molar-refractivity contribution is 7.89. The summed E-state index contributed by atoms with van der Waals surface area (Å²) < 4.78 is 33.3. The second-order valence-corrected chi connectivity index (χ2v) is 10.1. The van der Waals surface area contributed by atoms with Gasteiger partial charge in [-0.3, -0.25) is 9.59 Å². The zero-order valence-corrected chi connectivity index (χ0v) is 20.5. The fourth-order valence-corrected chi connectivity index (χ4v) is 4.70. The SMILES string of the molecule is CC(=O)Nc1cccc(OCc2ccc(-c3ccc(S(=O)(=O)N[C@@H](C(=O)O)C(C)C)cc3)cc2)c1. The Labute approximate surface area is 205 Å². The van der Waals surface area contributed by atoms with Crippen LogP contribution in [0.25, 0.3) is 11.1 Å². The maximum atomic E-state index is 12.6. The van der Waals surface area contributed by atoms with Crippen LogP contribution in [0.3, 0.4) is 0 Å². The third-order valence-corrected chi connectivity index (χ3v) is 6.68. The molecular weight excluding hydrogens is 468 g/mol. The molecule has 9 heteroatoms. The van der Waals surface area contributed by atoms with E-state index in [1.165, 1.54) is 19.1 Å². The quantitative estimate of drug-likeness (QED) is 0.385. The Kier molecular flexibility index (Phi) is 8.26. The van der Waals surface area contributed by atoms with Crippen LogP contribution < -0.4 is 14.8 Å². The molecule has 0 aromatic heterocycles. The first-order valence-electron chi connectivity index (χ1n) is 11.0.